The summed E-state index contributed by atoms with van der Waals surface area (Å²) < 4.78 is 0. The second kappa shape index (κ2) is 5.52. The van der Waals surface area contributed by atoms with Crippen LogP contribution in [0.4, 0.5) is 0 Å². The molecule has 1 aliphatic rings. The smallest absolute Gasteiger partial charge is 0.0278 e. The molecule has 0 atom stereocenters. The quantitative estimate of drug-likeness (QED) is 0.688. The lowest BCUT2D eigenvalue weighted by Crippen LogP contribution is -2.27. The number of pyridine rings is 1. The van der Waals surface area contributed by atoms with Gasteiger partial charge in [-0.15, -0.1) is 11.8 Å². The minimum atomic E-state index is 0.896. The molecule has 1 fully saturated rings. The molecule has 0 aliphatic heterocycles. The average Bonchev–Trinajstić information content (AvgIpc) is 3.10. The van der Waals surface area contributed by atoms with E-state index in [4.69, 9.17) is 0 Å². The van der Waals surface area contributed by atoms with Crippen LogP contribution in [0.5, 0.6) is 0 Å². The van der Waals surface area contributed by atoms with Gasteiger partial charge in [0.05, 0.1) is 0 Å². The van der Waals surface area contributed by atoms with Crippen molar-refractivity contribution in [2.24, 2.45) is 0 Å². The van der Waals surface area contributed by atoms with E-state index in [9.17, 15) is 0 Å². The summed E-state index contributed by atoms with van der Waals surface area (Å²) in [6.45, 7) is 4.67. The van der Waals surface area contributed by atoms with E-state index in [2.05, 4.69) is 28.9 Å². The lowest BCUT2D eigenvalue weighted by atomic mass is 10.5. The molecule has 0 spiro atoms. The highest BCUT2D eigenvalue weighted by Gasteiger charge is 2.26. The summed E-state index contributed by atoms with van der Waals surface area (Å²) in [5, 5.41) is 0. The minimum Gasteiger partial charge on any atom is -0.300 e. The number of rotatable bonds is 6. The van der Waals surface area contributed by atoms with Gasteiger partial charge < -0.3 is 0 Å². The SMILES string of the molecule is CCN(CCSc1ccncc1)C1CC1. The van der Waals surface area contributed by atoms with E-state index >= 15 is 0 Å². The molecule has 0 unspecified atom stereocenters. The first-order valence-electron chi connectivity index (χ1n) is 5.67. The lowest BCUT2D eigenvalue weighted by molar-refractivity contribution is 0.296. The Bertz CT molecular complexity index is 285. The van der Waals surface area contributed by atoms with Crippen molar-refractivity contribution in [2.45, 2.75) is 30.7 Å². The van der Waals surface area contributed by atoms with Crippen molar-refractivity contribution in [1.29, 1.82) is 0 Å². The van der Waals surface area contributed by atoms with Crippen molar-refractivity contribution in [2.75, 3.05) is 18.8 Å². The van der Waals surface area contributed by atoms with Gasteiger partial charge >= 0.3 is 0 Å². The fraction of sp³-hybridized carbons (Fsp3) is 0.583. The predicted octanol–water partition coefficient (Wildman–Crippen LogP) is 2.66. The molecule has 15 heavy (non-hydrogen) atoms. The average molecular weight is 222 g/mol. The number of hydrogen-bond acceptors (Lipinski definition) is 3. The highest BCUT2D eigenvalue weighted by molar-refractivity contribution is 7.99. The maximum absolute atomic E-state index is 4.02. The zero-order valence-electron chi connectivity index (χ0n) is 9.22. The number of hydrogen-bond donors (Lipinski definition) is 0. The molecule has 3 heteroatoms. The Morgan fingerprint density at radius 1 is 1.40 bits per heavy atom. The van der Waals surface area contributed by atoms with Crippen molar-refractivity contribution >= 4 is 11.8 Å². The second-order valence-electron chi connectivity index (χ2n) is 3.89. The molecule has 0 amide bonds. The van der Waals surface area contributed by atoms with Gasteiger partial charge in [0.15, 0.2) is 0 Å². The summed E-state index contributed by atoms with van der Waals surface area (Å²) in [7, 11) is 0. The largest absolute Gasteiger partial charge is 0.300 e. The molecule has 82 valence electrons. The van der Waals surface area contributed by atoms with Crippen LogP contribution in [0, 0.1) is 0 Å². The summed E-state index contributed by atoms with van der Waals surface area (Å²) >= 11 is 1.93. The molecule has 0 radical (unpaired) electrons. The molecule has 1 heterocycles. The van der Waals surface area contributed by atoms with Crippen LogP contribution >= 0.6 is 11.8 Å². The van der Waals surface area contributed by atoms with Gasteiger partial charge in [-0.3, -0.25) is 9.88 Å². The van der Waals surface area contributed by atoms with Crippen LogP contribution in [0.15, 0.2) is 29.4 Å². The summed E-state index contributed by atoms with van der Waals surface area (Å²) in [6, 6.07) is 5.06. The Hall–Kier alpha value is -0.540. The van der Waals surface area contributed by atoms with Crippen LogP contribution in [0.1, 0.15) is 19.8 Å². The van der Waals surface area contributed by atoms with E-state index in [1.807, 2.05) is 24.2 Å². The monoisotopic (exact) mass is 222 g/mol. The molecule has 1 aromatic rings. The Kier molecular flexibility index (Phi) is 4.03. The highest BCUT2D eigenvalue weighted by atomic mass is 32.2. The molecule has 2 nitrogen and oxygen atoms in total. The Morgan fingerprint density at radius 2 is 2.13 bits per heavy atom. The van der Waals surface area contributed by atoms with Crippen molar-refractivity contribution in [1.82, 2.24) is 9.88 Å². The molecular weight excluding hydrogens is 204 g/mol. The molecule has 1 saturated carbocycles. The zero-order valence-corrected chi connectivity index (χ0v) is 10.0. The van der Waals surface area contributed by atoms with Crippen LogP contribution < -0.4 is 0 Å². The molecule has 1 aromatic heterocycles. The van der Waals surface area contributed by atoms with Crippen LogP contribution in [0.2, 0.25) is 0 Å². The molecule has 0 saturated heterocycles. The molecule has 0 N–H and O–H groups in total. The van der Waals surface area contributed by atoms with E-state index in [-0.39, 0.29) is 0 Å². The van der Waals surface area contributed by atoms with Crippen LogP contribution in [0.3, 0.4) is 0 Å². The first-order chi connectivity index (χ1) is 7.40. The van der Waals surface area contributed by atoms with E-state index < -0.39 is 0 Å². The van der Waals surface area contributed by atoms with Gasteiger partial charge in [-0.1, -0.05) is 6.92 Å². The fourth-order valence-electron chi connectivity index (χ4n) is 1.75. The fourth-order valence-corrected chi connectivity index (χ4v) is 2.63. The normalized spacial score (nSPS) is 15.9. The maximum Gasteiger partial charge on any atom is 0.0278 e. The van der Waals surface area contributed by atoms with Crippen LogP contribution in [0.25, 0.3) is 0 Å². The van der Waals surface area contributed by atoms with Gasteiger partial charge in [-0.05, 0) is 31.5 Å². The second-order valence-corrected chi connectivity index (χ2v) is 5.06. The molecule has 1 aliphatic carbocycles. The van der Waals surface area contributed by atoms with E-state index in [0.29, 0.717) is 0 Å². The van der Waals surface area contributed by atoms with E-state index in [0.717, 1.165) is 6.04 Å². The van der Waals surface area contributed by atoms with Gasteiger partial charge in [0, 0.05) is 35.6 Å². The van der Waals surface area contributed by atoms with Gasteiger partial charge in [0.25, 0.3) is 0 Å². The van der Waals surface area contributed by atoms with Gasteiger partial charge in [0.2, 0.25) is 0 Å². The Morgan fingerprint density at radius 3 is 2.73 bits per heavy atom. The number of nitrogens with zero attached hydrogens (tertiary/aromatic N) is 2. The van der Waals surface area contributed by atoms with Crippen LogP contribution in [-0.4, -0.2) is 34.8 Å². The molecular formula is C12H18N2S. The molecule has 0 bridgehead atoms. The van der Waals surface area contributed by atoms with Crippen molar-refractivity contribution in [3.05, 3.63) is 24.5 Å². The number of thioether (sulfide) groups is 1. The number of aromatic nitrogens is 1. The van der Waals surface area contributed by atoms with Crippen molar-refractivity contribution < 1.29 is 0 Å². The first-order valence-corrected chi connectivity index (χ1v) is 6.65. The van der Waals surface area contributed by atoms with Crippen LogP contribution in [-0.2, 0) is 0 Å². The summed E-state index contributed by atoms with van der Waals surface area (Å²) in [5.74, 6) is 1.19. The summed E-state index contributed by atoms with van der Waals surface area (Å²) in [5.41, 5.74) is 0. The Labute approximate surface area is 96.1 Å². The Balaban J connectivity index is 1.69. The highest BCUT2D eigenvalue weighted by Crippen LogP contribution is 2.27. The van der Waals surface area contributed by atoms with E-state index in [1.165, 1.54) is 36.6 Å². The third-order valence-electron chi connectivity index (χ3n) is 2.77. The van der Waals surface area contributed by atoms with E-state index in [1.54, 1.807) is 0 Å². The minimum absolute atomic E-state index is 0.896. The zero-order chi connectivity index (χ0) is 10.5. The summed E-state index contributed by atoms with van der Waals surface area (Å²) in [4.78, 5) is 7.94. The molecule has 0 aromatic carbocycles. The summed E-state index contributed by atoms with van der Waals surface area (Å²) in [6.07, 6.45) is 6.54. The van der Waals surface area contributed by atoms with Gasteiger partial charge in [-0.2, -0.15) is 0 Å². The molecule has 2 rings (SSSR count). The van der Waals surface area contributed by atoms with Gasteiger partial charge in [-0.25, -0.2) is 0 Å². The third-order valence-corrected chi connectivity index (χ3v) is 3.76. The van der Waals surface area contributed by atoms with Crippen molar-refractivity contribution in [3.63, 3.8) is 0 Å². The lowest BCUT2D eigenvalue weighted by Gasteiger charge is -2.19. The topological polar surface area (TPSA) is 16.1 Å². The van der Waals surface area contributed by atoms with Crippen molar-refractivity contribution in [3.8, 4) is 0 Å². The first kappa shape index (κ1) is 11.0. The maximum atomic E-state index is 4.02. The van der Waals surface area contributed by atoms with Gasteiger partial charge in [0.1, 0.15) is 0 Å². The third kappa shape index (κ3) is 3.50. The predicted molar refractivity (Wildman–Crippen MR) is 65.2 cm³/mol. The standard InChI is InChI=1S/C12H18N2S/c1-2-14(11-3-4-11)9-10-15-12-5-7-13-8-6-12/h5-8,11H,2-4,9-10H2,1H3.